The van der Waals surface area contributed by atoms with Gasteiger partial charge in [0.25, 0.3) is 5.91 Å². The van der Waals surface area contributed by atoms with E-state index in [4.69, 9.17) is 0 Å². The number of aryl methyl sites for hydroxylation is 1. The third kappa shape index (κ3) is 5.01. The summed E-state index contributed by atoms with van der Waals surface area (Å²) in [6, 6.07) is 17.0. The minimum absolute atomic E-state index is 0.129. The number of carbonyl (C=O) groups is 1. The van der Waals surface area contributed by atoms with Gasteiger partial charge in [-0.2, -0.15) is 0 Å². The Labute approximate surface area is 169 Å². The lowest BCUT2D eigenvalue weighted by molar-refractivity contribution is 0.102. The molecular weight excluding hydrogens is 370 g/mol. The molecule has 0 saturated heterocycles. The highest BCUT2D eigenvalue weighted by Crippen LogP contribution is 2.21. The second kappa shape index (κ2) is 8.75. The lowest BCUT2D eigenvalue weighted by atomic mass is 10.2. The van der Waals surface area contributed by atoms with Gasteiger partial charge >= 0.3 is 0 Å². The molecule has 0 saturated carbocycles. The highest BCUT2D eigenvalue weighted by Gasteiger charge is 2.07. The van der Waals surface area contributed by atoms with Crippen LogP contribution in [0.3, 0.4) is 0 Å². The average molecular weight is 394 g/mol. The third-order valence-corrected chi connectivity index (χ3v) is 4.79. The minimum Gasteiger partial charge on any atom is -0.363 e. The number of benzene rings is 2. The summed E-state index contributed by atoms with van der Waals surface area (Å²) in [5, 5.41) is 6.19. The number of rotatable bonds is 6. The standard InChI is InChI=1S/C21H23N5OS/c1-14-22-19(13-20(23-14)26(2)3)24-16-7-9-17(10-8-16)25-21(27)15-5-11-18(28-4)12-6-15/h5-13H,1-4H3,(H,25,27)(H,22,23,24). The van der Waals surface area contributed by atoms with Crippen LogP contribution in [0, 0.1) is 6.92 Å². The van der Waals surface area contributed by atoms with Gasteiger partial charge < -0.3 is 15.5 Å². The van der Waals surface area contributed by atoms with Gasteiger partial charge in [0, 0.05) is 42.0 Å². The van der Waals surface area contributed by atoms with Crippen LogP contribution < -0.4 is 15.5 Å². The van der Waals surface area contributed by atoms with Gasteiger partial charge in [-0.1, -0.05) is 0 Å². The van der Waals surface area contributed by atoms with Crippen LogP contribution in [-0.2, 0) is 0 Å². The molecule has 1 aromatic heterocycles. The molecule has 28 heavy (non-hydrogen) atoms. The maximum Gasteiger partial charge on any atom is 0.255 e. The Hall–Kier alpha value is -3.06. The summed E-state index contributed by atoms with van der Waals surface area (Å²) in [5.41, 5.74) is 2.25. The van der Waals surface area contributed by atoms with E-state index in [1.165, 1.54) is 0 Å². The Kier molecular flexibility index (Phi) is 6.16. The highest BCUT2D eigenvalue weighted by atomic mass is 32.2. The molecule has 0 fully saturated rings. The number of aromatic nitrogens is 2. The van der Waals surface area contributed by atoms with Crippen LogP contribution in [0.15, 0.2) is 59.5 Å². The first kappa shape index (κ1) is 19.7. The molecule has 0 spiro atoms. The molecule has 0 aliphatic rings. The summed E-state index contributed by atoms with van der Waals surface area (Å²) in [5.74, 6) is 2.13. The van der Waals surface area contributed by atoms with E-state index in [1.807, 2.05) is 86.8 Å². The Morgan fingerprint density at radius 2 is 1.61 bits per heavy atom. The van der Waals surface area contributed by atoms with E-state index in [-0.39, 0.29) is 5.91 Å². The van der Waals surface area contributed by atoms with E-state index in [0.717, 1.165) is 27.9 Å². The van der Waals surface area contributed by atoms with Crippen molar-refractivity contribution in [2.24, 2.45) is 0 Å². The Bertz CT molecular complexity index is 956. The summed E-state index contributed by atoms with van der Waals surface area (Å²) < 4.78 is 0. The van der Waals surface area contributed by atoms with Gasteiger partial charge in [0.1, 0.15) is 17.5 Å². The van der Waals surface area contributed by atoms with E-state index < -0.39 is 0 Å². The number of hydrogen-bond donors (Lipinski definition) is 2. The summed E-state index contributed by atoms with van der Waals surface area (Å²) in [4.78, 5) is 24.2. The number of thioether (sulfide) groups is 1. The summed E-state index contributed by atoms with van der Waals surface area (Å²) >= 11 is 1.65. The number of amides is 1. The largest absolute Gasteiger partial charge is 0.363 e. The molecule has 7 heteroatoms. The number of hydrogen-bond acceptors (Lipinski definition) is 6. The SMILES string of the molecule is CSc1ccc(C(=O)Nc2ccc(Nc3cc(N(C)C)nc(C)n3)cc2)cc1. The minimum atomic E-state index is -0.129. The van der Waals surface area contributed by atoms with E-state index in [0.29, 0.717) is 11.4 Å². The lowest BCUT2D eigenvalue weighted by Gasteiger charge is -2.14. The zero-order chi connectivity index (χ0) is 20.1. The predicted molar refractivity (Wildman–Crippen MR) is 117 cm³/mol. The molecule has 0 radical (unpaired) electrons. The molecule has 0 atom stereocenters. The molecule has 0 aliphatic carbocycles. The fraction of sp³-hybridized carbons (Fsp3) is 0.190. The topological polar surface area (TPSA) is 70.2 Å². The number of nitrogens with one attached hydrogen (secondary N) is 2. The second-order valence-electron chi connectivity index (χ2n) is 6.44. The van der Waals surface area contributed by atoms with E-state index in [9.17, 15) is 4.79 Å². The van der Waals surface area contributed by atoms with Gasteiger partial charge in [0.2, 0.25) is 0 Å². The zero-order valence-corrected chi connectivity index (χ0v) is 17.2. The maximum absolute atomic E-state index is 12.4. The van der Waals surface area contributed by atoms with Crippen LogP contribution in [0.2, 0.25) is 0 Å². The first-order valence-electron chi connectivity index (χ1n) is 8.80. The highest BCUT2D eigenvalue weighted by molar-refractivity contribution is 7.98. The lowest BCUT2D eigenvalue weighted by Crippen LogP contribution is -2.12. The van der Waals surface area contributed by atoms with Gasteiger partial charge in [-0.15, -0.1) is 11.8 Å². The molecule has 2 N–H and O–H groups in total. The molecule has 1 amide bonds. The molecule has 3 rings (SSSR count). The van der Waals surface area contributed by atoms with Crippen molar-refractivity contribution in [3.8, 4) is 0 Å². The molecule has 2 aromatic carbocycles. The molecule has 0 bridgehead atoms. The summed E-state index contributed by atoms with van der Waals surface area (Å²) in [6.45, 7) is 1.86. The van der Waals surface area contributed by atoms with E-state index in [1.54, 1.807) is 11.8 Å². The Morgan fingerprint density at radius 3 is 2.21 bits per heavy atom. The third-order valence-electron chi connectivity index (χ3n) is 4.05. The van der Waals surface area contributed by atoms with Crippen molar-refractivity contribution in [3.05, 3.63) is 66.0 Å². The summed E-state index contributed by atoms with van der Waals surface area (Å²) in [7, 11) is 3.88. The first-order valence-corrected chi connectivity index (χ1v) is 10.0. The van der Waals surface area contributed by atoms with Crippen LogP contribution in [0.5, 0.6) is 0 Å². The zero-order valence-electron chi connectivity index (χ0n) is 16.4. The van der Waals surface area contributed by atoms with E-state index >= 15 is 0 Å². The average Bonchev–Trinajstić information content (AvgIpc) is 2.69. The van der Waals surface area contributed by atoms with Crippen molar-refractivity contribution in [1.29, 1.82) is 0 Å². The van der Waals surface area contributed by atoms with Gasteiger partial charge in [0.15, 0.2) is 0 Å². The maximum atomic E-state index is 12.4. The Balaban J connectivity index is 1.67. The van der Waals surface area contributed by atoms with Crippen LogP contribution in [0.4, 0.5) is 23.0 Å². The van der Waals surface area contributed by atoms with E-state index in [2.05, 4.69) is 20.6 Å². The van der Waals surface area contributed by atoms with Crippen molar-refractivity contribution in [2.75, 3.05) is 35.9 Å². The Morgan fingerprint density at radius 1 is 0.964 bits per heavy atom. The van der Waals surface area contributed by atoms with Gasteiger partial charge in [0.05, 0.1) is 0 Å². The van der Waals surface area contributed by atoms with Crippen LogP contribution >= 0.6 is 11.8 Å². The number of anilines is 4. The smallest absolute Gasteiger partial charge is 0.255 e. The van der Waals surface area contributed by atoms with Crippen molar-refractivity contribution in [2.45, 2.75) is 11.8 Å². The van der Waals surface area contributed by atoms with Crippen molar-refractivity contribution < 1.29 is 4.79 Å². The van der Waals surface area contributed by atoms with Crippen LogP contribution in [0.1, 0.15) is 16.2 Å². The fourth-order valence-electron chi connectivity index (χ4n) is 2.58. The molecule has 144 valence electrons. The number of nitrogens with zero attached hydrogens (tertiary/aromatic N) is 3. The van der Waals surface area contributed by atoms with Crippen molar-refractivity contribution in [1.82, 2.24) is 9.97 Å². The molecule has 0 unspecified atom stereocenters. The van der Waals surface area contributed by atoms with Gasteiger partial charge in [-0.3, -0.25) is 4.79 Å². The van der Waals surface area contributed by atoms with Crippen molar-refractivity contribution in [3.63, 3.8) is 0 Å². The van der Waals surface area contributed by atoms with Crippen LogP contribution in [0.25, 0.3) is 0 Å². The molecule has 1 heterocycles. The quantitative estimate of drug-likeness (QED) is 0.598. The number of carbonyl (C=O) groups excluding carboxylic acids is 1. The fourth-order valence-corrected chi connectivity index (χ4v) is 2.98. The first-order chi connectivity index (χ1) is 13.4. The molecule has 0 aliphatic heterocycles. The normalized spacial score (nSPS) is 10.4. The van der Waals surface area contributed by atoms with Crippen LogP contribution in [-0.4, -0.2) is 36.2 Å². The van der Waals surface area contributed by atoms with Crippen molar-refractivity contribution >= 4 is 40.7 Å². The summed E-state index contributed by atoms with van der Waals surface area (Å²) in [6.07, 6.45) is 2.01. The van der Waals surface area contributed by atoms with Gasteiger partial charge in [-0.05, 0) is 61.7 Å². The van der Waals surface area contributed by atoms with Gasteiger partial charge in [-0.25, -0.2) is 9.97 Å². The molecule has 3 aromatic rings. The molecular formula is C21H23N5OS. The monoisotopic (exact) mass is 393 g/mol. The predicted octanol–water partition coefficient (Wildman–Crippen LogP) is 4.57. The second-order valence-corrected chi connectivity index (χ2v) is 7.32. The molecule has 6 nitrogen and oxygen atoms in total.